The molecule has 0 spiro atoms. The molecule has 1 aromatic carbocycles. The summed E-state index contributed by atoms with van der Waals surface area (Å²) in [6.45, 7) is 4.36. The number of piperidine rings is 1. The van der Waals surface area contributed by atoms with Crippen molar-refractivity contribution in [1.82, 2.24) is 14.5 Å². The van der Waals surface area contributed by atoms with E-state index >= 15 is 0 Å². The largest absolute Gasteiger partial charge is 0.497 e. The number of carbonyl (C=O) groups excluding carboxylic acids is 1. The highest BCUT2D eigenvalue weighted by atomic mass is 32.2. The van der Waals surface area contributed by atoms with Gasteiger partial charge in [0.15, 0.2) is 0 Å². The Hall–Kier alpha value is -1.80. The average molecular weight is 367 g/mol. The first-order chi connectivity index (χ1) is 11.9. The first-order valence-electron chi connectivity index (χ1n) is 8.60. The number of urea groups is 1. The lowest BCUT2D eigenvalue weighted by atomic mass is 9.99. The second-order valence-electron chi connectivity index (χ2n) is 6.81. The molecule has 25 heavy (non-hydrogen) atoms. The zero-order valence-corrected chi connectivity index (χ0v) is 15.5. The van der Waals surface area contributed by atoms with Crippen molar-refractivity contribution in [3.8, 4) is 5.75 Å². The first kappa shape index (κ1) is 18.0. The van der Waals surface area contributed by atoms with Gasteiger partial charge in [0, 0.05) is 26.2 Å². The van der Waals surface area contributed by atoms with Crippen LogP contribution < -0.4 is 10.1 Å². The van der Waals surface area contributed by atoms with Gasteiger partial charge in [-0.25, -0.2) is 13.2 Å². The van der Waals surface area contributed by atoms with E-state index in [4.69, 9.17) is 4.74 Å². The van der Waals surface area contributed by atoms with Crippen LogP contribution in [0.1, 0.15) is 19.8 Å². The zero-order chi connectivity index (χ0) is 18.0. The van der Waals surface area contributed by atoms with E-state index in [2.05, 4.69) is 12.2 Å². The highest BCUT2D eigenvalue weighted by molar-refractivity contribution is 7.89. The van der Waals surface area contributed by atoms with Crippen LogP contribution in [0.15, 0.2) is 29.2 Å². The third-order valence-electron chi connectivity index (χ3n) is 4.94. The molecule has 2 fully saturated rings. The van der Waals surface area contributed by atoms with Gasteiger partial charge in [0.1, 0.15) is 5.75 Å². The molecule has 0 unspecified atom stereocenters. The lowest BCUT2D eigenvalue weighted by Crippen LogP contribution is -2.62. The number of benzene rings is 1. The monoisotopic (exact) mass is 367 g/mol. The Balaban J connectivity index is 1.52. The van der Waals surface area contributed by atoms with Crippen molar-refractivity contribution < 1.29 is 17.9 Å². The summed E-state index contributed by atoms with van der Waals surface area (Å²) in [6, 6.07) is 6.12. The van der Waals surface area contributed by atoms with Crippen LogP contribution in [0, 0.1) is 5.92 Å². The van der Waals surface area contributed by atoms with E-state index in [0.29, 0.717) is 24.8 Å². The third kappa shape index (κ3) is 3.90. The molecular weight excluding hydrogens is 342 g/mol. The molecule has 8 heteroatoms. The molecule has 2 aliphatic heterocycles. The SMILES string of the molecule is COc1ccc(S(=O)(=O)N2CC(NC(=O)N3CCC(C)CC3)C2)cc1. The van der Waals surface area contributed by atoms with Gasteiger partial charge in [-0.3, -0.25) is 0 Å². The Morgan fingerprint density at radius 2 is 1.76 bits per heavy atom. The number of nitrogens with zero attached hydrogens (tertiary/aromatic N) is 2. The molecule has 2 aliphatic rings. The van der Waals surface area contributed by atoms with Crippen LogP contribution in [0.2, 0.25) is 0 Å². The molecule has 0 saturated carbocycles. The summed E-state index contributed by atoms with van der Waals surface area (Å²) in [7, 11) is -1.98. The van der Waals surface area contributed by atoms with Crippen LogP contribution in [-0.4, -0.2) is 63.0 Å². The number of amides is 2. The number of hydrogen-bond donors (Lipinski definition) is 1. The van der Waals surface area contributed by atoms with Crippen LogP contribution >= 0.6 is 0 Å². The van der Waals surface area contributed by atoms with Crippen LogP contribution in [0.3, 0.4) is 0 Å². The maximum absolute atomic E-state index is 12.5. The van der Waals surface area contributed by atoms with E-state index < -0.39 is 10.0 Å². The maximum atomic E-state index is 12.5. The first-order valence-corrected chi connectivity index (χ1v) is 10.0. The summed E-state index contributed by atoms with van der Waals surface area (Å²) in [5.41, 5.74) is 0. The summed E-state index contributed by atoms with van der Waals surface area (Å²) >= 11 is 0. The Morgan fingerprint density at radius 3 is 2.32 bits per heavy atom. The van der Waals surface area contributed by atoms with E-state index in [1.165, 1.54) is 23.5 Å². The molecule has 0 atom stereocenters. The minimum Gasteiger partial charge on any atom is -0.497 e. The van der Waals surface area contributed by atoms with E-state index in [-0.39, 0.29) is 17.0 Å². The van der Waals surface area contributed by atoms with Gasteiger partial charge in [-0.05, 0) is 43.0 Å². The molecule has 2 amide bonds. The van der Waals surface area contributed by atoms with Crippen molar-refractivity contribution in [2.24, 2.45) is 5.92 Å². The molecule has 0 bridgehead atoms. The molecule has 0 aromatic heterocycles. The summed E-state index contributed by atoms with van der Waals surface area (Å²) in [4.78, 5) is 14.3. The molecule has 0 radical (unpaired) electrons. The minimum atomic E-state index is -3.52. The molecule has 138 valence electrons. The number of ether oxygens (including phenoxy) is 1. The van der Waals surface area contributed by atoms with Crippen molar-refractivity contribution in [2.45, 2.75) is 30.7 Å². The van der Waals surface area contributed by atoms with Gasteiger partial charge in [0.05, 0.1) is 18.0 Å². The van der Waals surface area contributed by atoms with Gasteiger partial charge in [-0.1, -0.05) is 6.92 Å². The average Bonchev–Trinajstić information content (AvgIpc) is 2.58. The van der Waals surface area contributed by atoms with Crippen molar-refractivity contribution in [2.75, 3.05) is 33.3 Å². The quantitative estimate of drug-likeness (QED) is 0.875. The molecule has 3 rings (SSSR count). The third-order valence-corrected chi connectivity index (χ3v) is 6.79. The van der Waals surface area contributed by atoms with Gasteiger partial charge < -0.3 is 15.0 Å². The van der Waals surface area contributed by atoms with Gasteiger partial charge in [0.25, 0.3) is 0 Å². The van der Waals surface area contributed by atoms with Gasteiger partial charge in [0.2, 0.25) is 10.0 Å². The summed E-state index contributed by atoms with van der Waals surface area (Å²) in [5, 5.41) is 2.93. The second kappa shape index (κ2) is 7.21. The van der Waals surface area contributed by atoms with Crippen LogP contribution in [0.5, 0.6) is 5.75 Å². The molecule has 1 aromatic rings. The van der Waals surface area contributed by atoms with Gasteiger partial charge in [-0.15, -0.1) is 0 Å². The van der Waals surface area contributed by atoms with Crippen molar-refractivity contribution in [3.63, 3.8) is 0 Å². The summed E-state index contributed by atoms with van der Waals surface area (Å²) in [6.07, 6.45) is 2.05. The smallest absolute Gasteiger partial charge is 0.317 e. The van der Waals surface area contributed by atoms with Crippen LogP contribution in [0.25, 0.3) is 0 Å². The lowest BCUT2D eigenvalue weighted by molar-refractivity contribution is 0.155. The number of hydrogen-bond acceptors (Lipinski definition) is 4. The normalized spacial score (nSPS) is 20.2. The zero-order valence-electron chi connectivity index (χ0n) is 14.6. The standard InChI is InChI=1S/C17H25N3O4S/c1-13-7-9-19(10-8-13)17(21)18-14-11-20(12-14)25(22,23)16-5-3-15(24-2)4-6-16/h3-6,13-14H,7-12H2,1-2H3,(H,18,21). The Kier molecular flexibility index (Phi) is 5.19. The number of sulfonamides is 1. The predicted octanol–water partition coefficient (Wildman–Crippen LogP) is 1.51. The highest BCUT2D eigenvalue weighted by Gasteiger charge is 2.38. The Morgan fingerprint density at radius 1 is 1.16 bits per heavy atom. The summed E-state index contributed by atoms with van der Waals surface area (Å²) < 4.78 is 31.5. The molecule has 2 saturated heterocycles. The Labute approximate surface area is 149 Å². The fourth-order valence-electron chi connectivity index (χ4n) is 3.10. The van der Waals surface area contributed by atoms with Crippen molar-refractivity contribution in [3.05, 3.63) is 24.3 Å². The molecule has 1 N–H and O–H groups in total. The van der Waals surface area contributed by atoms with Gasteiger partial charge in [-0.2, -0.15) is 4.31 Å². The fraction of sp³-hybridized carbons (Fsp3) is 0.588. The molecular formula is C17H25N3O4S. The highest BCUT2D eigenvalue weighted by Crippen LogP contribution is 2.24. The van der Waals surface area contributed by atoms with Gasteiger partial charge >= 0.3 is 6.03 Å². The fourth-order valence-corrected chi connectivity index (χ4v) is 4.63. The number of likely N-dealkylation sites (tertiary alicyclic amines) is 1. The van der Waals surface area contributed by atoms with Crippen LogP contribution in [0.4, 0.5) is 4.79 Å². The number of methoxy groups -OCH3 is 1. The maximum Gasteiger partial charge on any atom is 0.317 e. The van der Waals surface area contributed by atoms with Crippen LogP contribution in [-0.2, 0) is 10.0 Å². The molecule has 0 aliphatic carbocycles. The Bertz CT molecular complexity index is 706. The van der Waals surface area contributed by atoms with Crippen molar-refractivity contribution in [1.29, 1.82) is 0 Å². The lowest BCUT2D eigenvalue weighted by Gasteiger charge is -2.40. The second-order valence-corrected chi connectivity index (χ2v) is 8.75. The van der Waals surface area contributed by atoms with E-state index in [9.17, 15) is 13.2 Å². The molecule has 7 nitrogen and oxygen atoms in total. The predicted molar refractivity (Wildman–Crippen MR) is 94.0 cm³/mol. The topological polar surface area (TPSA) is 79.0 Å². The van der Waals surface area contributed by atoms with E-state index in [0.717, 1.165) is 25.9 Å². The van der Waals surface area contributed by atoms with E-state index in [1.54, 1.807) is 12.1 Å². The van der Waals surface area contributed by atoms with E-state index in [1.807, 2.05) is 4.90 Å². The summed E-state index contributed by atoms with van der Waals surface area (Å²) in [5.74, 6) is 1.28. The minimum absolute atomic E-state index is 0.0848. The molecule has 2 heterocycles. The van der Waals surface area contributed by atoms with Crippen molar-refractivity contribution >= 4 is 16.1 Å². The number of carbonyl (C=O) groups is 1. The number of rotatable bonds is 4. The number of nitrogens with one attached hydrogen (secondary N) is 1.